The van der Waals surface area contributed by atoms with E-state index in [1.807, 2.05) is 12.1 Å². The largest absolute Gasteiger partial charge is 0.312 e. The Bertz CT molecular complexity index is 439. The highest BCUT2D eigenvalue weighted by Gasteiger charge is 2.26. The predicted octanol–water partition coefficient (Wildman–Crippen LogP) is 5.33. The van der Waals surface area contributed by atoms with Crippen LogP contribution in [0.4, 0.5) is 4.39 Å². The summed E-state index contributed by atoms with van der Waals surface area (Å²) in [6.45, 7) is 11.8. The molecule has 1 aromatic rings. The Morgan fingerprint density at radius 1 is 1.20 bits per heavy atom. The van der Waals surface area contributed by atoms with Crippen LogP contribution in [-0.2, 0) is 6.42 Å². The lowest BCUT2D eigenvalue weighted by molar-refractivity contribution is 0.241. The van der Waals surface area contributed by atoms with Crippen molar-refractivity contribution in [2.45, 2.75) is 59.4 Å². The maximum absolute atomic E-state index is 14.0. The van der Waals surface area contributed by atoms with E-state index in [0.717, 1.165) is 35.8 Å². The van der Waals surface area contributed by atoms with E-state index >= 15 is 0 Å². The molecule has 1 nitrogen and oxygen atoms in total. The fourth-order valence-corrected chi connectivity index (χ4v) is 2.78. The molecule has 3 heteroatoms. The summed E-state index contributed by atoms with van der Waals surface area (Å²) in [5.74, 6) is -0.113. The summed E-state index contributed by atoms with van der Waals surface area (Å²) in [5.41, 5.74) is 0.976. The number of nitrogens with one attached hydrogen (secondary N) is 1. The van der Waals surface area contributed by atoms with Gasteiger partial charge in [-0.2, -0.15) is 0 Å². The summed E-state index contributed by atoms with van der Waals surface area (Å²) in [4.78, 5) is 0. The van der Waals surface area contributed by atoms with Gasteiger partial charge in [-0.25, -0.2) is 4.39 Å². The van der Waals surface area contributed by atoms with Gasteiger partial charge in [-0.05, 0) is 56.7 Å². The Labute approximate surface area is 131 Å². The van der Waals surface area contributed by atoms with Gasteiger partial charge in [0.05, 0.1) is 0 Å². The number of hydrogen-bond acceptors (Lipinski definition) is 1. The molecule has 0 aromatic heterocycles. The normalized spacial score (nSPS) is 15.2. The summed E-state index contributed by atoms with van der Waals surface area (Å²) >= 11 is 3.31. The number of benzene rings is 1. The van der Waals surface area contributed by atoms with Gasteiger partial charge in [0.25, 0.3) is 0 Å². The topological polar surface area (TPSA) is 12.0 Å². The van der Waals surface area contributed by atoms with Crippen molar-refractivity contribution in [1.29, 1.82) is 0 Å². The molecule has 1 rings (SSSR count). The molecule has 0 aliphatic heterocycles. The lowest BCUT2D eigenvalue weighted by atomic mass is 9.79. The first kappa shape index (κ1) is 17.6. The van der Waals surface area contributed by atoms with Crippen molar-refractivity contribution in [2.75, 3.05) is 6.54 Å². The zero-order chi connectivity index (χ0) is 15.4. The van der Waals surface area contributed by atoms with Gasteiger partial charge in [-0.3, -0.25) is 0 Å². The van der Waals surface area contributed by atoms with Crippen LogP contribution < -0.4 is 5.32 Å². The van der Waals surface area contributed by atoms with Gasteiger partial charge in [0, 0.05) is 16.6 Å². The van der Waals surface area contributed by atoms with Crippen LogP contribution in [0.2, 0.25) is 0 Å². The van der Waals surface area contributed by atoms with E-state index in [1.165, 1.54) is 0 Å². The maximum Gasteiger partial charge on any atom is 0.127 e. The Morgan fingerprint density at radius 2 is 1.85 bits per heavy atom. The first-order chi connectivity index (χ1) is 9.15. The van der Waals surface area contributed by atoms with Crippen LogP contribution in [0, 0.1) is 11.2 Å². The van der Waals surface area contributed by atoms with Crippen molar-refractivity contribution >= 4 is 15.9 Å². The Kier molecular flexibility index (Phi) is 6.21. The van der Waals surface area contributed by atoms with E-state index in [-0.39, 0.29) is 16.8 Å². The standard InChI is InChI=1S/C17H27BrFN/c1-6-9-17(5,12-20-16(2,3)4)11-13-7-8-14(18)10-15(13)19/h7-8,10,20H,6,9,11-12H2,1-5H3. The van der Waals surface area contributed by atoms with Crippen molar-refractivity contribution in [2.24, 2.45) is 5.41 Å². The third-order valence-corrected chi connectivity index (χ3v) is 4.02. The van der Waals surface area contributed by atoms with Gasteiger partial charge in [0.15, 0.2) is 0 Å². The lowest BCUT2D eigenvalue weighted by Gasteiger charge is -2.34. The van der Waals surface area contributed by atoms with Crippen LogP contribution in [-0.4, -0.2) is 12.1 Å². The number of halogens is 2. The highest BCUT2D eigenvalue weighted by atomic mass is 79.9. The van der Waals surface area contributed by atoms with E-state index in [0.29, 0.717) is 0 Å². The van der Waals surface area contributed by atoms with E-state index < -0.39 is 0 Å². The Morgan fingerprint density at radius 3 is 2.35 bits per heavy atom. The molecular formula is C17H27BrFN. The summed E-state index contributed by atoms with van der Waals surface area (Å²) in [6.07, 6.45) is 2.97. The monoisotopic (exact) mass is 343 g/mol. The third-order valence-electron chi connectivity index (χ3n) is 3.53. The molecule has 20 heavy (non-hydrogen) atoms. The lowest BCUT2D eigenvalue weighted by Crippen LogP contribution is -2.43. The smallest absolute Gasteiger partial charge is 0.127 e. The molecule has 0 fully saturated rings. The highest BCUT2D eigenvalue weighted by Crippen LogP contribution is 2.30. The van der Waals surface area contributed by atoms with Gasteiger partial charge >= 0.3 is 0 Å². The summed E-state index contributed by atoms with van der Waals surface area (Å²) in [5, 5.41) is 3.57. The molecule has 0 saturated heterocycles. The van der Waals surface area contributed by atoms with Crippen LogP contribution in [0.5, 0.6) is 0 Å². The van der Waals surface area contributed by atoms with Gasteiger partial charge in [0.1, 0.15) is 5.82 Å². The molecule has 0 heterocycles. The Balaban J connectivity index is 2.84. The fraction of sp³-hybridized carbons (Fsp3) is 0.647. The highest BCUT2D eigenvalue weighted by molar-refractivity contribution is 9.10. The van der Waals surface area contributed by atoms with E-state index in [4.69, 9.17) is 0 Å². The molecule has 0 aliphatic carbocycles. The summed E-state index contributed by atoms with van der Waals surface area (Å²) < 4.78 is 14.8. The minimum atomic E-state index is -0.113. The summed E-state index contributed by atoms with van der Waals surface area (Å²) in [6, 6.07) is 5.37. The zero-order valence-corrected chi connectivity index (χ0v) is 14.9. The molecule has 1 atom stereocenters. The van der Waals surface area contributed by atoms with E-state index in [1.54, 1.807) is 6.07 Å². The maximum atomic E-state index is 14.0. The minimum Gasteiger partial charge on any atom is -0.312 e. The van der Waals surface area contributed by atoms with Gasteiger partial charge in [-0.15, -0.1) is 0 Å². The van der Waals surface area contributed by atoms with Crippen LogP contribution in [0.3, 0.4) is 0 Å². The van der Waals surface area contributed by atoms with Crippen LogP contribution in [0.1, 0.15) is 53.0 Å². The molecule has 1 unspecified atom stereocenters. The number of hydrogen-bond donors (Lipinski definition) is 1. The van der Waals surface area contributed by atoms with Crippen molar-refractivity contribution < 1.29 is 4.39 Å². The van der Waals surface area contributed by atoms with Crippen LogP contribution >= 0.6 is 15.9 Å². The van der Waals surface area contributed by atoms with E-state index in [2.05, 4.69) is 55.9 Å². The molecule has 1 aromatic carbocycles. The van der Waals surface area contributed by atoms with Crippen molar-refractivity contribution in [3.8, 4) is 0 Å². The summed E-state index contributed by atoms with van der Waals surface area (Å²) in [7, 11) is 0. The molecule has 0 bridgehead atoms. The molecule has 0 aliphatic rings. The molecule has 0 spiro atoms. The first-order valence-corrected chi connectivity index (χ1v) is 8.13. The first-order valence-electron chi connectivity index (χ1n) is 7.34. The molecule has 0 amide bonds. The molecule has 114 valence electrons. The average molecular weight is 344 g/mol. The average Bonchev–Trinajstić information content (AvgIpc) is 2.30. The second-order valence-corrected chi connectivity index (χ2v) is 7.99. The second kappa shape index (κ2) is 7.04. The van der Waals surface area contributed by atoms with Crippen LogP contribution in [0.25, 0.3) is 0 Å². The van der Waals surface area contributed by atoms with E-state index in [9.17, 15) is 4.39 Å². The quantitative estimate of drug-likeness (QED) is 0.736. The van der Waals surface area contributed by atoms with Crippen molar-refractivity contribution in [3.63, 3.8) is 0 Å². The van der Waals surface area contributed by atoms with Crippen LogP contribution in [0.15, 0.2) is 22.7 Å². The molecule has 0 radical (unpaired) electrons. The zero-order valence-electron chi connectivity index (χ0n) is 13.3. The van der Waals surface area contributed by atoms with Gasteiger partial charge < -0.3 is 5.32 Å². The van der Waals surface area contributed by atoms with Crippen molar-refractivity contribution in [3.05, 3.63) is 34.1 Å². The third kappa shape index (κ3) is 5.92. The molecular weight excluding hydrogens is 317 g/mol. The Hall–Kier alpha value is -0.410. The molecule has 0 saturated carbocycles. The molecule has 1 N–H and O–H groups in total. The predicted molar refractivity (Wildman–Crippen MR) is 88.6 cm³/mol. The number of rotatable bonds is 6. The van der Waals surface area contributed by atoms with Crippen molar-refractivity contribution in [1.82, 2.24) is 5.32 Å². The SMILES string of the molecule is CCCC(C)(CNC(C)(C)C)Cc1ccc(Br)cc1F. The van der Waals surface area contributed by atoms with Gasteiger partial charge in [0.2, 0.25) is 0 Å². The fourth-order valence-electron chi connectivity index (χ4n) is 2.45. The minimum absolute atomic E-state index is 0.0801. The van der Waals surface area contributed by atoms with Gasteiger partial charge in [-0.1, -0.05) is 42.3 Å². The second-order valence-electron chi connectivity index (χ2n) is 7.08.